The van der Waals surface area contributed by atoms with Crippen molar-refractivity contribution in [1.29, 1.82) is 0 Å². The quantitative estimate of drug-likeness (QED) is 0.784. The lowest BCUT2D eigenvalue weighted by molar-refractivity contribution is -0.0498. The molecule has 0 spiro atoms. The molecule has 3 N–H and O–H groups in total. The maximum absolute atomic E-state index is 12.4. The number of amides is 1. The Morgan fingerprint density at radius 3 is 3.04 bits per heavy atom. The second-order valence-corrected chi connectivity index (χ2v) is 5.23. The highest BCUT2D eigenvalue weighted by Gasteiger charge is 2.21. The van der Waals surface area contributed by atoms with Crippen LogP contribution in [0.3, 0.4) is 0 Å². The van der Waals surface area contributed by atoms with Crippen LogP contribution < -0.4 is 15.4 Å². The first-order valence-corrected chi connectivity index (χ1v) is 7.23. The molecule has 1 amide bonds. The van der Waals surface area contributed by atoms with E-state index in [0.29, 0.717) is 16.8 Å². The summed E-state index contributed by atoms with van der Waals surface area (Å²) in [5.74, 6) is -0.221. The Morgan fingerprint density at radius 2 is 2.30 bits per heavy atom. The number of hydrogen-bond donors (Lipinski definition) is 3. The number of benzene rings is 1. The number of nitrogens with one attached hydrogen (secondary N) is 3. The van der Waals surface area contributed by atoms with Crippen LogP contribution in [-0.2, 0) is 0 Å². The van der Waals surface area contributed by atoms with Crippen LogP contribution in [-0.4, -0.2) is 41.8 Å². The third kappa shape index (κ3) is 3.65. The Labute approximate surface area is 131 Å². The molecule has 1 aliphatic heterocycles. The van der Waals surface area contributed by atoms with Gasteiger partial charge in [0.2, 0.25) is 0 Å². The molecule has 0 bridgehead atoms. The van der Waals surface area contributed by atoms with Gasteiger partial charge in [0.15, 0.2) is 0 Å². The predicted octanol–water partition coefficient (Wildman–Crippen LogP) is 1.77. The van der Waals surface area contributed by atoms with Gasteiger partial charge in [-0.1, -0.05) is 12.1 Å². The topological polar surface area (TPSA) is 79.0 Å². The molecule has 1 saturated heterocycles. The summed E-state index contributed by atoms with van der Waals surface area (Å²) in [7, 11) is 0. The van der Waals surface area contributed by atoms with Gasteiger partial charge in [-0.2, -0.15) is 13.9 Å². The maximum atomic E-state index is 12.4. The number of rotatable bonds is 5. The summed E-state index contributed by atoms with van der Waals surface area (Å²) in [6, 6.07) is 6.22. The van der Waals surface area contributed by atoms with Crippen molar-refractivity contribution in [2.45, 2.75) is 19.1 Å². The number of H-pyrrole nitrogens is 1. The number of carbonyl (C=O) groups is 1. The Bertz CT molecular complexity index is 684. The van der Waals surface area contributed by atoms with Gasteiger partial charge in [0.25, 0.3) is 5.91 Å². The summed E-state index contributed by atoms with van der Waals surface area (Å²) < 4.78 is 29.0. The molecule has 1 fully saturated rings. The van der Waals surface area contributed by atoms with E-state index in [-0.39, 0.29) is 17.7 Å². The van der Waals surface area contributed by atoms with Crippen LogP contribution >= 0.6 is 0 Å². The zero-order chi connectivity index (χ0) is 16.2. The molecule has 1 atom stereocenters. The summed E-state index contributed by atoms with van der Waals surface area (Å²) in [6.45, 7) is -1.29. The molecule has 23 heavy (non-hydrogen) atoms. The number of aromatic nitrogens is 2. The maximum Gasteiger partial charge on any atom is 0.387 e. The summed E-state index contributed by atoms with van der Waals surface area (Å²) in [5, 5.41) is 12.7. The van der Waals surface area contributed by atoms with Gasteiger partial charge in [-0.05, 0) is 25.1 Å². The summed E-state index contributed by atoms with van der Waals surface area (Å²) in [6.07, 6.45) is 2.30. The number of halogens is 2. The van der Waals surface area contributed by atoms with Crippen molar-refractivity contribution in [3.63, 3.8) is 0 Å². The number of nitrogens with zero attached hydrogens (tertiary/aromatic N) is 1. The lowest BCUT2D eigenvalue weighted by Crippen LogP contribution is -2.36. The Hall–Kier alpha value is -2.48. The fourth-order valence-corrected chi connectivity index (χ4v) is 2.55. The minimum atomic E-state index is -2.90. The van der Waals surface area contributed by atoms with Gasteiger partial charge >= 0.3 is 6.61 Å². The highest BCUT2D eigenvalue weighted by molar-refractivity contribution is 6.00. The second kappa shape index (κ2) is 6.74. The minimum Gasteiger partial charge on any atom is -0.435 e. The molecule has 1 aliphatic rings. The normalized spacial score (nSPS) is 17.4. The molecule has 3 rings (SSSR count). The molecule has 0 aliphatic carbocycles. The number of carbonyl (C=O) groups excluding carboxylic acids is 1. The van der Waals surface area contributed by atoms with E-state index in [1.165, 1.54) is 18.3 Å². The fraction of sp³-hybridized carbons (Fsp3) is 0.333. The van der Waals surface area contributed by atoms with Gasteiger partial charge in [-0.25, -0.2) is 0 Å². The number of alkyl halides is 2. The molecular weight excluding hydrogens is 306 g/mol. The highest BCUT2D eigenvalue weighted by atomic mass is 19.3. The van der Waals surface area contributed by atoms with Crippen molar-refractivity contribution in [2.75, 3.05) is 13.1 Å². The summed E-state index contributed by atoms with van der Waals surface area (Å²) in [5.41, 5.74) is 1.38. The van der Waals surface area contributed by atoms with Gasteiger partial charge in [0, 0.05) is 18.2 Å². The van der Waals surface area contributed by atoms with Gasteiger partial charge in [-0.3, -0.25) is 9.89 Å². The standard InChI is InChI=1S/C15H16F2N4O2/c16-15(17)23-11-3-1-2-9(6-11)13-12(8-19-21-13)14(22)20-10-4-5-18-7-10/h1-3,6,8,10,15,18H,4-5,7H2,(H,19,21)(H,20,22). The van der Waals surface area contributed by atoms with Crippen LogP contribution in [0.4, 0.5) is 8.78 Å². The average molecular weight is 322 g/mol. The lowest BCUT2D eigenvalue weighted by Gasteiger charge is -2.11. The van der Waals surface area contributed by atoms with Crippen LogP contribution in [0.5, 0.6) is 5.75 Å². The van der Waals surface area contributed by atoms with Crippen molar-refractivity contribution < 1.29 is 18.3 Å². The lowest BCUT2D eigenvalue weighted by atomic mass is 10.1. The molecule has 6 nitrogen and oxygen atoms in total. The van der Waals surface area contributed by atoms with Gasteiger partial charge in [0.1, 0.15) is 5.75 Å². The molecule has 2 aromatic rings. The van der Waals surface area contributed by atoms with Crippen LogP contribution in [0.2, 0.25) is 0 Å². The van der Waals surface area contributed by atoms with E-state index < -0.39 is 6.61 Å². The molecule has 0 saturated carbocycles. The molecule has 8 heteroatoms. The summed E-state index contributed by atoms with van der Waals surface area (Å²) in [4.78, 5) is 12.4. The molecule has 2 heterocycles. The van der Waals surface area contributed by atoms with Crippen molar-refractivity contribution in [2.24, 2.45) is 0 Å². The number of hydrogen-bond acceptors (Lipinski definition) is 4. The molecule has 1 aromatic heterocycles. The van der Waals surface area contributed by atoms with E-state index in [1.54, 1.807) is 12.1 Å². The van der Waals surface area contributed by atoms with Crippen molar-refractivity contribution in [3.05, 3.63) is 36.0 Å². The van der Waals surface area contributed by atoms with Gasteiger partial charge in [0.05, 0.1) is 17.5 Å². The molecular formula is C15H16F2N4O2. The third-order valence-corrected chi connectivity index (χ3v) is 3.63. The van der Waals surface area contributed by atoms with Crippen LogP contribution in [0.1, 0.15) is 16.8 Å². The van der Waals surface area contributed by atoms with Crippen LogP contribution in [0.25, 0.3) is 11.3 Å². The largest absolute Gasteiger partial charge is 0.435 e. The van der Waals surface area contributed by atoms with Gasteiger partial charge in [-0.15, -0.1) is 0 Å². The zero-order valence-corrected chi connectivity index (χ0v) is 12.2. The average Bonchev–Trinajstić information content (AvgIpc) is 3.17. The van der Waals surface area contributed by atoms with E-state index in [0.717, 1.165) is 19.5 Å². The van der Waals surface area contributed by atoms with Crippen LogP contribution in [0, 0.1) is 0 Å². The van der Waals surface area contributed by atoms with Crippen LogP contribution in [0.15, 0.2) is 30.5 Å². The predicted molar refractivity (Wildman–Crippen MR) is 79.4 cm³/mol. The zero-order valence-electron chi connectivity index (χ0n) is 12.2. The smallest absolute Gasteiger partial charge is 0.387 e. The highest BCUT2D eigenvalue weighted by Crippen LogP contribution is 2.26. The SMILES string of the molecule is O=C(NC1CCNC1)c1cn[nH]c1-c1cccc(OC(F)F)c1. The van der Waals surface area contributed by atoms with Crippen molar-refractivity contribution in [1.82, 2.24) is 20.8 Å². The van der Waals surface area contributed by atoms with Gasteiger partial charge < -0.3 is 15.4 Å². The van der Waals surface area contributed by atoms with E-state index in [9.17, 15) is 13.6 Å². The summed E-state index contributed by atoms with van der Waals surface area (Å²) >= 11 is 0. The molecule has 1 aromatic carbocycles. The van der Waals surface area contributed by atoms with Crippen molar-refractivity contribution >= 4 is 5.91 Å². The number of aromatic amines is 1. The van der Waals surface area contributed by atoms with E-state index in [4.69, 9.17) is 0 Å². The molecule has 0 radical (unpaired) electrons. The molecule has 122 valence electrons. The van der Waals surface area contributed by atoms with E-state index in [2.05, 4.69) is 25.6 Å². The first-order valence-electron chi connectivity index (χ1n) is 7.23. The Morgan fingerprint density at radius 1 is 1.43 bits per heavy atom. The first kappa shape index (κ1) is 15.4. The monoisotopic (exact) mass is 322 g/mol. The minimum absolute atomic E-state index is 0.0263. The first-order chi connectivity index (χ1) is 11.1. The second-order valence-electron chi connectivity index (χ2n) is 5.23. The Kier molecular flexibility index (Phi) is 4.52. The Balaban J connectivity index is 1.81. The van der Waals surface area contributed by atoms with Crippen molar-refractivity contribution in [3.8, 4) is 17.0 Å². The number of ether oxygens (including phenoxy) is 1. The third-order valence-electron chi connectivity index (χ3n) is 3.63. The fourth-order valence-electron chi connectivity index (χ4n) is 2.55. The molecule has 1 unspecified atom stereocenters. The van der Waals surface area contributed by atoms with E-state index in [1.807, 2.05) is 0 Å². The van der Waals surface area contributed by atoms with E-state index >= 15 is 0 Å².